The van der Waals surface area contributed by atoms with E-state index in [2.05, 4.69) is 0 Å². The highest BCUT2D eigenvalue weighted by Crippen LogP contribution is 2.34. The van der Waals surface area contributed by atoms with Gasteiger partial charge in [0.15, 0.2) is 12.6 Å². The number of carbonyl (C=O) groups excluding carboxylic acids is 2. The van der Waals surface area contributed by atoms with E-state index in [1.54, 1.807) is 0 Å². The van der Waals surface area contributed by atoms with Gasteiger partial charge in [0.2, 0.25) is 0 Å². The summed E-state index contributed by atoms with van der Waals surface area (Å²) >= 11 is 0. The number of rotatable bonds is 8. The van der Waals surface area contributed by atoms with Gasteiger partial charge in [0.05, 0.1) is 11.1 Å². The molecule has 10 atom stereocenters. The molecule has 0 aliphatic carbocycles. The van der Waals surface area contributed by atoms with Crippen molar-refractivity contribution in [1.29, 1.82) is 0 Å². The summed E-state index contributed by atoms with van der Waals surface area (Å²) in [7, 11) is 0. The number of hydrogen-bond acceptors (Lipinski definition) is 15. The average Bonchev–Trinajstić information content (AvgIpc) is 3.02. The molecule has 2 aromatic rings. The van der Waals surface area contributed by atoms with E-state index in [-0.39, 0.29) is 12.1 Å². The number of ether oxygens (including phenoxy) is 5. The maximum atomic E-state index is 13.0. The van der Waals surface area contributed by atoms with Crippen LogP contribution in [0.25, 0.3) is 0 Å². The van der Waals surface area contributed by atoms with Crippen LogP contribution in [0.15, 0.2) is 36.4 Å². The molecule has 272 valence electrons. The summed E-state index contributed by atoms with van der Waals surface area (Å²) in [6.07, 6.45) is -30.1. The maximum Gasteiger partial charge on any atom is 0.416 e. The third-order valence-electron chi connectivity index (χ3n) is 7.45. The van der Waals surface area contributed by atoms with Crippen LogP contribution in [0.3, 0.4) is 0 Å². The van der Waals surface area contributed by atoms with E-state index in [0.29, 0.717) is 24.3 Å². The van der Waals surface area contributed by atoms with Crippen LogP contribution in [-0.4, -0.2) is 127 Å². The zero-order valence-electron chi connectivity index (χ0n) is 24.4. The Labute approximate surface area is 270 Å². The molecule has 8 N–H and O–H groups in total. The van der Waals surface area contributed by atoms with Gasteiger partial charge in [-0.1, -0.05) is 0 Å². The lowest BCUT2D eigenvalue weighted by atomic mass is 9.98. The number of aliphatic hydroxyl groups is 6. The third kappa shape index (κ3) is 8.51. The quantitative estimate of drug-likeness (QED) is 0.130. The van der Waals surface area contributed by atoms with E-state index >= 15 is 0 Å². The van der Waals surface area contributed by atoms with E-state index < -0.39 is 133 Å². The van der Waals surface area contributed by atoms with Gasteiger partial charge < -0.3 is 64.5 Å². The highest BCUT2D eigenvalue weighted by atomic mass is 19.4. The van der Waals surface area contributed by atoms with Gasteiger partial charge in [-0.2, -0.15) is 26.3 Å². The first-order valence-electron chi connectivity index (χ1n) is 13.9. The first kappa shape index (κ1) is 38.0. The first-order valence-corrected chi connectivity index (χ1v) is 13.9. The summed E-state index contributed by atoms with van der Waals surface area (Å²) in [5.74, 6) is -4.82. The van der Waals surface area contributed by atoms with Crippen LogP contribution in [0.4, 0.5) is 26.3 Å². The molecule has 0 saturated carbocycles. The zero-order chi connectivity index (χ0) is 36.6. The minimum absolute atomic E-state index is 0.290. The Balaban J connectivity index is 1.42. The van der Waals surface area contributed by atoms with E-state index in [4.69, 9.17) is 23.7 Å². The van der Waals surface area contributed by atoms with Crippen molar-refractivity contribution >= 4 is 11.9 Å². The van der Waals surface area contributed by atoms with Crippen molar-refractivity contribution in [1.82, 2.24) is 0 Å². The van der Waals surface area contributed by atoms with Crippen molar-refractivity contribution in [3.05, 3.63) is 58.7 Å². The molecule has 21 heteroatoms. The summed E-state index contributed by atoms with van der Waals surface area (Å²) in [5.41, 5.74) is -4.46. The number of alkyl halides is 6. The van der Waals surface area contributed by atoms with E-state index in [0.717, 1.165) is 0 Å². The SMILES string of the molecule is O=C(OC[C@H]1O[C@H](O[C@H]2O[C@H](COC(=O)c3cc(C(F)(F)F)ccc3O)[C@@H](O)[C@H](O)[C@H]2O)[C@H](O)[C@@H](O)[C@@H]1O)c1cc(C(F)(F)F)ccc1O. The molecule has 2 saturated heterocycles. The molecule has 2 aliphatic rings. The number of aliphatic hydroxyl groups excluding tert-OH is 6. The Morgan fingerprint density at radius 3 is 1.27 bits per heavy atom. The molecule has 0 amide bonds. The van der Waals surface area contributed by atoms with Crippen molar-refractivity contribution in [2.75, 3.05) is 13.2 Å². The molecule has 0 bridgehead atoms. The van der Waals surface area contributed by atoms with Crippen LogP contribution in [-0.2, 0) is 36.0 Å². The minimum Gasteiger partial charge on any atom is -0.507 e. The molecular formula is C28H28F6O15. The number of aromatic hydroxyl groups is 2. The van der Waals surface area contributed by atoms with E-state index in [9.17, 15) is 76.8 Å². The summed E-state index contributed by atoms with van der Waals surface area (Å²) in [6.45, 7) is -2.04. The van der Waals surface area contributed by atoms with Gasteiger partial charge in [0, 0.05) is 0 Å². The van der Waals surface area contributed by atoms with Crippen LogP contribution < -0.4 is 0 Å². The summed E-state index contributed by atoms with van der Waals surface area (Å²) in [5, 5.41) is 81.8. The first-order chi connectivity index (χ1) is 22.7. The van der Waals surface area contributed by atoms with Gasteiger partial charge in [-0.3, -0.25) is 0 Å². The third-order valence-corrected chi connectivity index (χ3v) is 7.45. The van der Waals surface area contributed by atoms with Crippen LogP contribution in [0.5, 0.6) is 11.5 Å². The normalized spacial score (nSPS) is 30.9. The number of esters is 2. The van der Waals surface area contributed by atoms with Gasteiger partial charge in [-0.25, -0.2) is 9.59 Å². The second kappa shape index (κ2) is 14.6. The second-order valence-corrected chi connectivity index (χ2v) is 10.8. The average molecular weight is 719 g/mol. The molecule has 0 spiro atoms. The lowest BCUT2D eigenvalue weighted by Gasteiger charge is -2.44. The summed E-state index contributed by atoms with van der Waals surface area (Å²) in [6, 6.07) is 2.73. The predicted molar refractivity (Wildman–Crippen MR) is 141 cm³/mol. The number of benzene rings is 2. The molecule has 49 heavy (non-hydrogen) atoms. The number of phenols is 2. The standard InChI is InChI=1S/C28H28F6O15/c29-27(30,31)9-1-3-13(35)11(5-9)23(43)45-7-15-17(37)19(39)21(41)25(47-15)49-26-22(42)20(40)18(38)16(48-26)8-46-24(44)12-6-10(28(32,33)34)2-4-14(12)36/h1-6,15-22,25-26,35-42H,7-8H2/t15-,16-,17-,18-,19+,20+,21-,22-,25-,26-/m1/s1. The Kier molecular flexibility index (Phi) is 11.3. The fourth-order valence-corrected chi connectivity index (χ4v) is 4.69. The molecule has 15 nitrogen and oxygen atoms in total. The Morgan fingerprint density at radius 1 is 0.592 bits per heavy atom. The Morgan fingerprint density at radius 2 is 0.939 bits per heavy atom. The lowest BCUT2D eigenvalue weighted by molar-refractivity contribution is -0.376. The monoisotopic (exact) mass is 718 g/mol. The molecule has 2 fully saturated rings. The lowest BCUT2D eigenvalue weighted by Crippen LogP contribution is -2.64. The topological polar surface area (TPSA) is 242 Å². The van der Waals surface area contributed by atoms with E-state index in [1.165, 1.54) is 0 Å². The molecule has 0 unspecified atom stereocenters. The molecule has 0 aromatic heterocycles. The summed E-state index contributed by atoms with van der Waals surface area (Å²) < 4.78 is 104. The predicted octanol–water partition coefficient (Wildman–Crippen LogP) is -0.219. The van der Waals surface area contributed by atoms with Crippen molar-refractivity contribution in [3.63, 3.8) is 0 Å². The van der Waals surface area contributed by atoms with Gasteiger partial charge >= 0.3 is 24.3 Å². The minimum atomic E-state index is -4.89. The van der Waals surface area contributed by atoms with E-state index in [1.807, 2.05) is 0 Å². The van der Waals surface area contributed by atoms with Crippen molar-refractivity contribution in [2.45, 2.75) is 73.8 Å². The fraction of sp³-hybridized carbons (Fsp3) is 0.500. The van der Waals surface area contributed by atoms with Crippen LogP contribution >= 0.6 is 0 Å². The Hall–Kier alpha value is -3.80. The maximum absolute atomic E-state index is 13.0. The molecule has 0 radical (unpaired) electrons. The highest BCUT2D eigenvalue weighted by molar-refractivity contribution is 5.93. The summed E-state index contributed by atoms with van der Waals surface area (Å²) in [4.78, 5) is 24.9. The Bertz CT molecular complexity index is 1390. The largest absolute Gasteiger partial charge is 0.507 e. The number of halogens is 6. The number of carbonyl (C=O) groups is 2. The molecule has 4 rings (SSSR count). The van der Waals surface area contributed by atoms with Gasteiger partial charge in [-0.05, 0) is 36.4 Å². The van der Waals surface area contributed by atoms with Gasteiger partial charge in [-0.15, -0.1) is 0 Å². The zero-order valence-corrected chi connectivity index (χ0v) is 24.4. The van der Waals surface area contributed by atoms with Crippen molar-refractivity contribution < 1.29 is 100 Å². The molecule has 2 heterocycles. The molecule has 2 aromatic carbocycles. The van der Waals surface area contributed by atoms with Crippen LogP contribution in [0, 0.1) is 0 Å². The van der Waals surface area contributed by atoms with Gasteiger partial charge in [0.25, 0.3) is 0 Å². The van der Waals surface area contributed by atoms with Crippen LogP contribution in [0.1, 0.15) is 31.8 Å². The fourth-order valence-electron chi connectivity index (χ4n) is 4.69. The van der Waals surface area contributed by atoms with Crippen molar-refractivity contribution in [3.8, 4) is 11.5 Å². The number of hydrogen-bond donors (Lipinski definition) is 8. The smallest absolute Gasteiger partial charge is 0.416 e. The van der Waals surface area contributed by atoms with Crippen LogP contribution in [0.2, 0.25) is 0 Å². The van der Waals surface area contributed by atoms with Crippen molar-refractivity contribution in [2.24, 2.45) is 0 Å². The highest BCUT2D eigenvalue weighted by Gasteiger charge is 2.50. The molecular weight excluding hydrogens is 690 g/mol. The number of phenolic OH excluding ortho intramolecular Hbond substituents is 2. The second-order valence-electron chi connectivity index (χ2n) is 10.8. The van der Waals surface area contributed by atoms with Gasteiger partial charge in [0.1, 0.15) is 84.7 Å². The molecule has 2 aliphatic heterocycles.